The molecule has 8 heteroatoms. The molecule has 1 aromatic carbocycles. The van der Waals surface area contributed by atoms with Crippen molar-refractivity contribution in [3.8, 4) is 11.3 Å². The van der Waals surface area contributed by atoms with Gasteiger partial charge in [0, 0.05) is 49.8 Å². The smallest absolute Gasteiger partial charge is 0.220 e. The van der Waals surface area contributed by atoms with E-state index in [1.807, 2.05) is 12.1 Å². The molecular weight excluding hydrogens is 387 g/mol. The van der Waals surface area contributed by atoms with Crippen LogP contribution in [0.1, 0.15) is 17.9 Å². The molecule has 30 heavy (non-hydrogen) atoms. The molecule has 2 aromatic heterocycles. The summed E-state index contributed by atoms with van der Waals surface area (Å²) in [6, 6.07) is 9.85. The van der Waals surface area contributed by atoms with Gasteiger partial charge in [0.05, 0.1) is 19.4 Å². The second kappa shape index (κ2) is 9.49. The van der Waals surface area contributed by atoms with Gasteiger partial charge < -0.3 is 19.4 Å². The molecule has 1 amide bonds. The Hall–Kier alpha value is -3.26. The maximum absolute atomic E-state index is 13.0. The average Bonchev–Trinajstić information content (AvgIpc) is 3.27. The average molecular weight is 410 g/mol. The lowest BCUT2D eigenvalue weighted by Gasteiger charge is -2.29. The van der Waals surface area contributed by atoms with Crippen molar-refractivity contribution in [3.05, 3.63) is 66.1 Å². The van der Waals surface area contributed by atoms with Crippen molar-refractivity contribution in [1.29, 1.82) is 0 Å². The van der Waals surface area contributed by atoms with Crippen molar-refractivity contribution in [2.24, 2.45) is 0 Å². The maximum atomic E-state index is 13.0. The summed E-state index contributed by atoms with van der Waals surface area (Å²) < 4.78 is 24.1. The molecule has 1 N–H and O–H groups in total. The van der Waals surface area contributed by atoms with Crippen molar-refractivity contribution < 1.29 is 18.3 Å². The van der Waals surface area contributed by atoms with E-state index in [9.17, 15) is 9.18 Å². The number of benzene rings is 1. The number of rotatable bonds is 7. The number of oxazole rings is 1. The number of carbonyl (C=O) groups is 1. The number of halogens is 1. The summed E-state index contributed by atoms with van der Waals surface area (Å²) in [5.41, 5.74) is 1.72. The van der Waals surface area contributed by atoms with Crippen LogP contribution in [0.2, 0.25) is 0 Å². The molecule has 0 bridgehead atoms. The lowest BCUT2D eigenvalue weighted by atomic mass is 10.2. The molecular formula is C22H23FN4O3. The first kappa shape index (κ1) is 20.0. The molecule has 4 rings (SSSR count). The third kappa shape index (κ3) is 5.01. The van der Waals surface area contributed by atoms with E-state index in [4.69, 9.17) is 9.15 Å². The fourth-order valence-electron chi connectivity index (χ4n) is 3.30. The van der Waals surface area contributed by atoms with Gasteiger partial charge in [-0.05, 0) is 30.3 Å². The Morgan fingerprint density at radius 3 is 2.73 bits per heavy atom. The highest BCUT2D eigenvalue weighted by Gasteiger charge is 2.16. The van der Waals surface area contributed by atoms with Gasteiger partial charge in [-0.25, -0.2) is 14.4 Å². The summed E-state index contributed by atoms with van der Waals surface area (Å²) >= 11 is 0. The Labute approximate surface area is 173 Å². The molecule has 0 radical (unpaired) electrons. The summed E-state index contributed by atoms with van der Waals surface area (Å²) in [5, 5.41) is 2.95. The zero-order valence-corrected chi connectivity index (χ0v) is 16.5. The summed E-state index contributed by atoms with van der Waals surface area (Å²) in [6.07, 6.45) is 4.00. The Bertz CT molecular complexity index is 984. The van der Waals surface area contributed by atoms with Crippen molar-refractivity contribution in [2.75, 3.05) is 31.2 Å². The van der Waals surface area contributed by atoms with Crippen LogP contribution in [0.25, 0.3) is 11.3 Å². The first-order valence-corrected chi connectivity index (χ1v) is 9.93. The van der Waals surface area contributed by atoms with Gasteiger partial charge >= 0.3 is 0 Å². The van der Waals surface area contributed by atoms with Gasteiger partial charge in [0.1, 0.15) is 11.6 Å². The summed E-state index contributed by atoms with van der Waals surface area (Å²) in [4.78, 5) is 23.2. The molecule has 3 heterocycles. The molecule has 1 saturated heterocycles. The van der Waals surface area contributed by atoms with Gasteiger partial charge in [0.2, 0.25) is 5.91 Å². The number of carbonyl (C=O) groups excluding carboxylic acids is 1. The molecule has 156 valence electrons. The fraction of sp³-hybridized carbons (Fsp3) is 0.318. The number of nitrogens with zero attached hydrogens (tertiary/aromatic N) is 3. The first-order valence-electron chi connectivity index (χ1n) is 9.93. The standard InChI is InChI=1S/C22H23FN4O3/c23-18-5-3-16(4-6-18)19-15-26-21(30-19)8-7-20(28)25-14-17-2-1-9-24-22(17)27-10-12-29-13-11-27/h1-6,9,15H,7-8,10-14H2,(H,25,28). The van der Waals surface area contributed by atoms with Crippen molar-refractivity contribution in [3.63, 3.8) is 0 Å². The highest BCUT2D eigenvalue weighted by Crippen LogP contribution is 2.21. The normalized spacial score (nSPS) is 14.0. The van der Waals surface area contributed by atoms with Gasteiger partial charge in [-0.1, -0.05) is 6.07 Å². The predicted octanol–water partition coefficient (Wildman–Crippen LogP) is 2.96. The Balaban J connectivity index is 1.29. The molecule has 0 saturated carbocycles. The minimum atomic E-state index is -0.305. The summed E-state index contributed by atoms with van der Waals surface area (Å²) in [6.45, 7) is 3.35. The van der Waals surface area contributed by atoms with Crippen LogP contribution in [0.4, 0.5) is 10.2 Å². The number of anilines is 1. The van der Waals surface area contributed by atoms with Gasteiger partial charge in [-0.2, -0.15) is 0 Å². The molecule has 0 atom stereocenters. The second-order valence-electron chi connectivity index (χ2n) is 6.99. The number of amides is 1. The maximum Gasteiger partial charge on any atom is 0.220 e. The molecule has 1 fully saturated rings. The molecule has 1 aliphatic rings. The number of aromatic nitrogens is 2. The largest absolute Gasteiger partial charge is 0.441 e. The highest BCUT2D eigenvalue weighted by molar-refractivity contribution is 5.76. The molecule has 0 aliphatic carbocycles. The van der Waals surface area contributed by atoms with Crippen LogP contribution < -0.4 is 10.2 Å². The molecule has 0 unspecified atom stereocenters. The third-order valence-electron chi connectivity index (χ3n) is 4.90. The van der Waals surface area contributed by atoms with E-state index in [0.29, 0.717) is 37.8 Å². The van der Waals surface area contributed by atoms with E-state index in [1.54, 1.807) is 24.5 Å². The molecule has 7 nitrogen and oxygen atoms in total. The lowest BCUT2D eigenvalue weighted by molar-refractivity contribution is -0.121. The van der Waals surface area contributed by atoms with Gasteiger partial charge in [-0.15, -0.1) is 0 Å². The molecule has 1 aliphatic heterocycles. The van der Waals surface area contributed by atoms with E-state index in [0.717, 1.165) is 30.0 Å². The Morgan fingerprint density at radius 1 is 1.13 bits per heavy atom. The number of aryl methyl sites for hydroxylation is 1. The van der Waals surface area contributed by atoms with Crippen LogP contribution >= 0.6 is 0 Å². The van der Waals surface area contributed by atoms with E-state index in [2.05, 4.69) is 20.2 Å². The van der Waals surface area contributed by atoms with Gasteiger partial charge in [0.15, 0.2) is 11.7 Å². The van der Waals surface area contributed by atoms with Gasteiger partial charge in [0.25, 0.3) is 0 Å². The van der Waals surface area contributed by atoms with E-state index in [1.165, 1.54) is 12.1 Å². The summed E-state index contributed by atoms with van der Waals surface area (Å²) in [5.74, 6) is 1.52. The first-order chi connectivity index (χ1) is 14.7. The zero-order valence-electron chi connectivity index (χ0n) is 16.5. The second-order valence-corrected chi connectivity index (χ2v) is 6.99. The fourth-order valence-corrected chi connectivity index (χ4v) is 3.30. The monoisotopic (exact) mass is 410 g/mol. The van der Waals surface area contributed by atoms with E-state index >= 15 is 0 Å². The number of hydrogen-bond acceptors (Lipinski definition) is 6. The van der Waals surface area contributed by atoms with Crippen LogP contribution in [0, 0.1) is 5.82 Å². The zero-order chi connectivity index (χ0) is 20.8. The van der Waals surface area contributed by atoms with Crippen LogP contribution in [0.15, 0.2) is 53.2 Å². The quantitative estimate of drug-likeness (QED) is 0.645. The number of nitrogens with one attached hydrogen (secondary N) is 1. The number of ether oxygens (including phenoxy) is 1. The topological polar surface area (TPSA) is 80.5 Å². The molecule has 3 aromatic rings. The van der Waals surface area contributed by atoms with Crippen LogP contribution in [0.5, 0.6) is 0 Å². The lowest BCUT2D eigenvalue weighted by Crippen LogP contribution is -2.37. The van der Waals surface area contributed by atoms with Crippen LogP contribution in [0.3, 0.4) is 0 Å². The van der Waals surface area contributed by atoms with Crippen molar-refractivity contribution in [1.82, 2.24) is 15.3 Å². The summed E-state index contributed by atoms with van der Waals surface area (Å²) in [7, 11) is 0. The van der Waals surface area contributed by atoms with Crippen LogP contribution in [-0.2, 0) is 22.5 Å². The Kier molecular flexibility index (Phi) is 6.34. The van der Waals surface area contributed by atoms with E-state index in [-0.39, 0.29) is 18.1 Å². The number of hydrogen-bond donors (Lipinski definition) is 1. The SMILES string of the molecule is O=C(CCc1ncc(-c2ccc(F)cc2)o1)NCc1cccnc1N1CCOCC1. The Morgan fingerprint density at radius 2 is 1.93 bits per heavy atom. The minimum Gasteiger partial charge on any atom is -0.441 e. The predicted molar refractivity (Wildman–Crippen MR) is 109 cm³/mol. The number of pyridine rings is 1. The minimum absolute atomic E-state index is 0.0895. The third-order valence-corrected chi connectivity index (χ3v) is 4.90. The highest BCUT2D eigenvalue weighted by atomic mass is 19.1. The van der Waals surface area contributed by atoms with Crippen molar-refractivity contribution in [2.45, 2.75) is 19.4 Å². The van der Waals surface area contributed by atoms with Gasteiger partial charge in [-0.3, -0.25) is 4.79 Å². The molecule has 0 spiro atoms. The number of morpholine rings is 1. The van der Waals surface area contributed by atoms with E-state index < -0.39 is 0 Å². The van der Waals surface area contributed by atoms with Crippen LogP contribution in [-0.4, -0.2) is 42.2 Å². The van der Waals surface area contributed by atoms with Crippen molar-refractivity contribution >= 4 is 11.7 Å².